The monoisotopic (exact) mass is 314 g/mol. The summed E-state index contributed by atoms with van der Waals surface area (Å²) in [5.74, 6) is 0.874. The molecule has 23 heavy (non-hydrogen) atoms. The molecule has 0 bridgehead atoms. The van der Waals surface area contributed by atoms with Crippen LogP contribution in [-0.2, 0) is 15.3 Å². The van der Waals surface area contributed by atoms with Gasteiger partial charge in [0, 0.05) is 0 Å². The van der Waals surface area contributed by atoms with Crippen molar-refractivity contribution < 1.29 is 18.9 Å². The van der Waals surface area contributed by atoms with Crippen LogP contribution in [0.1, 0.15) is 18.9 Å². The van der Waals surface area contributed by atoms with Gasteiger partial charge in [-0.2, -0.15) is 0 Å². The molecular weight excluding hydrogens is 292 g/mol. The number of hydrogen-bond acceptors (Lipinski definition) is 4. The van der Waals surface area contributed by atoms with Crippen molar-refractivity contribution in [1.82, 2.24) is 0 Å². The van der Waals surface area contributed by atoms with Crippen LogP contribution in [0.5, 0.6) is 11.5 Å². The Morgan fingerprint density at radius 3 is 2.30 bits per heavy atom. The average Bonchev–Trinajstić information content (AvgIpc) is 2.61. The van der Waals surface area contributed by atoms with Gasteiger partial charge in [0.15, 0.2) is 5.79 Å². The van der Waals surface area contributed by atoms with Gasteiger partial charge in [0.05, 0.1) is 18.8 Å². The van der Waals surface area contributed by atoms with Crippen LogP contribution >= 0.6 is 0 Å². The van der Waals surface area contributed by atoms with Crippen molar-refractivity contribution in [1.29, 1.82) is 0 Å². The van der Waals surface area contributed by atoms with Gasteiger partial charge in [-0.3, -0.25) is 0 Å². The van der Waals surface area contributed by atoms with Crippen LogP contribution in [0.4, 0.5) is 0 Å². The summed E-state index contributed by atoms with van der Waals surface area (Å²) in [6, 6.07) is 17.6. The fourth-order valence-electron chi connectivity index (χ4n) is 2.59. The Morgan fingerprint density at radius 1 is 0.870 bits per heavy atom. The normalized spacial score (nSPS) is 16.7. The zero-order chi connectivity index (χ0) is 16.0. The van der Waals surface area contributed by atoms with Gasteiger partial charge >= 0.3 is 0 Å². The molecule has 0 amide bonds. The Morgan fingerprint density at radius 2 is 1.52 bits per heavy atom. The molecular formula is C19H22O4. The minimum Gasteiger partial charge on any atom is -0.490 e. The third kappa shape index (κ3) is 4.03. The number of benzene rings is 2. The van der Waals surface area contributed by atoms with Crippen LogP contribution < -0.4 is 9.47 Å². The molecule has 1 fully saturated rings. The molecule has 0 atom stereocenters. The van der Waals surface area contributed by atoms with Gasteiger partial charge in [0.25, 0.3) is 0 Å². The van der Waals surface area contributed by atoms with E-state index in [1.54, 1.807) is 0 Å². The number of para-hydroxylation sites is 2. The summed E-state index contributed by atoms with van der Waals surface area (Å²) in [5.41, 5.74) is 0.916. The maximum atomic E-state index is 5.89. The predicted molar refractivity (Wildman–Crippen MR) is 87.7 cm³/mol. The van der Waals surface area contributed by atoms with E-state index in [1.807, 2.05) is 61.5 Å². The number of hydrogen-bond donors (Lipinski definition) is 0. The smallest absolute Gasteiger partial charge is 0.195 e. The van der Waals surface area contributed by atoms with Crippen LogP contribution in [0.2, 0.25) is 0 Å². The molecule has 0 radical (unpaired) electrons. The van der Waals surface area contributed by atoms with E-state index in [0.717, 1.165) is 23.5 Å². The SMILES string of the molecule is CC1(c2ccccc2OCCOc2ccccc2)OCCCO1. The summed E-state index contributed by atoms with van der Waals surface area (Å²) in [6.45, 7) is 4.28. The fraction of sp³-hybridized carbons (Fsp3) is 0.368. The van der Waals surface area contributed by atoms with Crippen molar-refractivity contribution in [2.24, 2.45) is 0 Å². The third-order valence-electron chi connectivity index (χ3n) is 3.77. The van der Waals surface area contributed by atoms with Crippen LogP contribution in [0.25, 0.3) is 0 Å². The van der Waals surface area contributed by atoms with Crippen molar-refractivity contribution in [2.75, 3.05) is 26.4 Å². The molecule has 2 aromatic rings. The van der Waals surface area contributed by atoms with Crippen molar-refractivity contribution in [3.05, 3.63) is 60.2 Å². The zero-order valence-electron chi connectivity index (χ0n) is 13.4. The van der Waals surface area contributed by atoms with Gasteiger partial charge in [0.1, 0.15) is 24.7 Å². The molecule has 0 unspecified atom stereocenters. The van der Waals surface area contributed by atoms with E-state index in [0.29, 0.717) is 26.4 Å². The van der Waals surface area contributed by atoms with Gasteiger partial charge in [0.2, 0.25) is 0 Å². The highest BCUT2D eigenvalue weighted by atomic mass is 16.7. The molecule has 0 N–H and O–H groups in total. The first-order valence-electron chi connectivity index (χ1n) is 7.96. The van der Waals surface area contributed by atoms with Crippen LogP contribution in [-0.4, -0.2) is 26.4 Å². The number of ether oxygens (including phenoxy) is 4. The van der Waals surface area contributed by atoms with Crippen molar-refractivity contribution >= 4 is 0 Å². The van der Waals surface area contributed by atoms with Crippen molar-refractivity contribution in [3.63, 3.8) is 0 Å². The Hall–Kier alpha value is -2.04. The molecule has 1 saturated heterocycles. The minimum atomic E-state index is -0.741. The average molecular weight is 314 g/mol. The Kier molecular flexibility index (Phi) is 5.16. The highest BCUT2D eigenvalue weighted by Gasteiger charge is 2.33. The summed E-state index contributed by atoms with van der Waals surface area (Å²) < 4.78 is 23.2. The summed E-state index contributed by atoms with van der Waals surface area (Å²) >= 11 is 0. The topological polar surface area (TPSA) is 36.9 Å². The first kappa shape index (κ1) is 15.8. The molecule has 4 nitrogen and oxygen atoms in total. The molecule has 1 aliphatic heterocycles. The van der Waals surface area contributed by atoms with E-state index in [9.17, 15) is 0 Å². The molecule has 3 rings (SSSR count). The lowest BCUT2D eigenvalue weighted by molar-refractivity contribution is -0.265. The largest absolute Gasteiger partial charge is 0.490 e. The summed E-state index contributed by atoms with van der Waals surface area (Å²) in [7, 11) is 0. The summed E-state index contributed by atoms with van der Waals surface area (Å²) in [5, 5.41) is 0. The van der Waals surface area contributed by atoms with Gasteiger partial charge in [-0.1, -0.05) is 30.3 Å². The second-order valence-corrected chi connectivity index (χ2v) is 5.50. The van der Waals surface area contributed by atoms with E-state index < -0.39 is 5.79 Å². The van der Waals surface area contributed by atoms with E-state index in [2.05, 4.69) is 0 Å². The molecule has 2 aromatic carbocycles. The minimum absolute atomic E-state index is 0.460. The van der Waals surface area contributed by atoms with Crippen LogP contribution in [0, 0.1) is 0 Å². The lowest BCUT2D eigenvalue weighted by Crippen LogP contribution is -2.35. The standard InChI is InChI=1S/C19H22O4/c1-19(22-12-7-13-23-19)17-10-5-6-11-18(17)21-15-14-20-16-8-3-2-4-9-16/h2-6,8-11H,7,12-15H2,1H3. The van der Waals surface area contributed by atoms with Crippen molar-refractivity contribution in [3.8, 4) is 11.5 Å². The van der Waals surface area contributed by atoms with E-state index in [-0.39, 0.29) is 0 Å². The highest BCUT2D eigenvalue weighted by Crippen LogP contribution is 2.36. The molecule has 0 saturated carbocycles. The van der Waals surface area contributed by atoms with E-state index in [1.165, 1.54) is 0 Å². The third-order valence-corrected chi connectivity index (χ3v) is 3.77. The molecule has 0 aliphatic carbocycles. The molecule has 1 aliphatic rings. The zero-order valence-corrected chi connectivity index (χ0v) is 13.4. The maximum Gasteiger partial charge on any atom is 0.195 e. The fourth-order valence-corrected chi connectivity index (χ4v) is 2.59. The predicted octanol–water partition coefficient (Wildman–Crippen LogP) is 3.75. The Labute approximate surface area is 136 Å². The molecule has 1 heterocycles. The Bertz CT molecular complexity index is 606. The lowest BCUT2D eigenvalue weighted by Gasteiger charge is -2.35. The number of rotatable bonds is 6. The van der Waals surface area contributed by atoms with Crippen LogP contribution in [0.15, 0.2) is 54.6 Å². The van der Waals surface area contributed by atoms with Gasteiger partial charge < -0.3 is 18.9 Å². The van der Waals surface area contributed by atoms with Gasteiger partial charge in [-0.15, -0.1) is 0 Å². The highest BCUT2D eigenvalue weighted by molar-refractivity contribution is 5.36. The first-order chi connectivity index (χ1) is 11.3. The molecule has 0 aromatic heterocycles. The molecule has 122 valence electrons. The first-order valence-corrected chi connectivity index (χ1v) is 7.96. The summed E-state index contributed by atoms with van der Waals surface area (Å²) in [6.07, 6.45) is 0.920. The van der Waals surface area contributed by atoms with Gasteiger partial charge in [-0.05, 0) is 37.6 Å². The van der Waals surface area contributed by atoms with Crippen molar-refractivity contribution in [2.45, 2.75) is 19.1 Å². The second kappa shape index (κ2) is 7.49. The summed E-state index contributed by atoms with van der Waals surface area (Å²) in [4.78, 5) is 0. The Balaban J connectivity index is 1.60. The maximum absolute atomic E-state index is 5.89. The van der Waals surface area contributed by atoms with Gasteiger partial charge in [-0.25, -0.2) is 0 Å². The quantitative estimate of drug-likeness (QED) is 0.761. The lowest BCUT2D eigenvalue weighted by atomic mass is 10.1. The molecule has 4 heteroatoms. The van der Waals surface area contributed by atoms with E-state index in [4.69, 9.17) is 18.9 Å². The molecule has 0 spiro atoms. The second-order valence-electron chi connectivity index (χ2n) is 5.50. The van der Waals surface area contributed by atoms with Crippen LogP contribution in [0.3, 0.4) is 0 Å². The van der Waals surface area contributed by atoms with E-state index >= 15 is 0 Å².